The van der Waals surface area contributed by atoms with Gasteiger partial charge in [-0.25, -0.2) is 4.79 Å². The van der Waals surface area contributed by atoms with E-state index in [9.17, 15) is 19.2 Å². The largest absolute Gasteiger partial charge is 0.383 e. The highest BCUT2D eigenvalue weighted by Gasteiger charge is 2.21. The topological polar surface area (TPSA) is 134 Å². The smallest absolute Gasteiger partial charge is 0.330 e. The van der Waals surface area contributed by atoms with Crippen LogP contribution in [0, 0.1) is 0 Å². The summed E-state index contributed by atoms with van der Waals surface area (Å²) in [5.74, 6) is -0.927. The molecule has 11 heteroatoms. The van der Waals surface area contributed by atoms with Gasteiger partial charge in [-0.15, -0.1) is 0 Å². The SMILES string of the molecule is CN(CC(=O)Nc1ccccc1Cl)C(=O)CN(C)c1c(N)n(Cc2ccccc2)c(=O)[nH]c1=O. The van der Waals surface area contributed by atoms with Crippen LogP contribution in [-0.2, 0) is 16.1 Å². The number of nitrogens with two attached hydrogens (primary N) is 1. The Morgan fingerprint density at radius 3 is 2.35 bits per heavy atom. The summed E-state index contributed by atoms with van der Waals surface area (Å²) in [6.45, 7) is -0.316. The minimum atomic E-state index is -0.707. The number of likely N-dealkylation sites (N-methyl/N-ethyl adjacent to an activating group) is 2. The molecule has 4 N–H and O–H groups in total. The molecule has 0 fully saturated rings. The van der Waals surface area contributed by atoms with E-state index in [-0.39, 0.29) is 31.1 Å². The molecule has 3 aromatic rings. The average molecular weight is 485 g/mol. The monoisotopic (exact) mass is 484 g/mol. The van der Waals surface area contributed by atoms with E-state index in [1.54, 1.807) is 24.3 Å². The Hall–Kier alpha value is -4.05. The van der Waals surface area contributed by atoms with Gasteiger partial charge in [0.25, 0.3) is 5.56 Å². The van der Waals surface area contributed by atoms with E-state index < -0.39 is 23.1 Å². The van der Waals surface area contributed by atoms with Gasteiger partial charge < -0.3 is 20.9 Å². The van der Waals surface area contributed by atoms with Crippen molar-refractivity contribution in [3.63, 3.8) is 0 Å². The van der Waals surface area contributed by atoms with E-state index in [2.05, 4.69) is 10.3 Å². The molecule has 0 aliphatic carbocycles. The Morgan fingerprint density at radius 1 is 1.03 bits per heavy atom. The zero-order valence-corrected chi connectivity index (χ0v) is 19.5. The van der Waals surface area contributed by atoms with Gasteiger partial charge in [0.2, 0.25) is 11.8 Å². The standard InChI is InChI=1S/C23H25ClN6O4/c1-28(13-18(31)26-17-11-7-6-10-16(17)24)19(32)14-29(2)20-21(25)30(23(34)27-22(20)33)12-15-8-4-3-5-9-15/h3-11H,12-14,25H2,1-2H3,(H,26,31)(H,27,33,34). The Labute approximate surface area is 200 Å². The van der Waals surface area contributed by atoms with E-state index in [1.807, 2.05) is 30.3 Å². The van der Waals surface area contributed by atoms with Crippen molar-refractivity contribution >= 4 is 40.6 Å². The second-order valence-electron chi connectivity index (χ2n) is 7.70. The van der Waals surface area contributed by atoms with Crippen LogP contribution in [0.3, 0.4) is 0 Å². The Morgan fingerprint density at radius 2 is 1.68 bits per heavy atom. The fourth-order valence-electron chi connectivity index (χ4n) is 3.33. The van der Waals surface area contributed by atoms with Crippen molar-refractivity contribution in [2.45, 2.75) is 6.54 Å². The molecular weight excluding hydrogens is 460 g/mol. The summed E-state index contributed by atoms with van der Waals surface area (Å²) in [6, 6.07) is 15.9. The number of benzene rings is 2. The van der Waals surface area contributed by atoms with E-state index in [4.69, 9.17) is 17.3 Å². The molecule has 0 saturated carbocycles. The first-order chi connectivity index (χ1) is 16.2. The van der Waals surface area contributed by atoms with Crippen molar-refractivity contribution in [2.75, 3.05) is 43.1 Å². The number of aromatic nitrogens is 2. The summed E-state index contributed by atoms with van der Waals surface area (Å²) >= 11 is 6.04. The van der Waals surface area contributed by atoms with Gasteiger partial charge in [0.05, 0.1) is 30.3 Å². The molecule has 0 saturated heterocycles. The number of hydrogen-bond acceptors (Lipinski definition) is 6. The van der Waals surface area contributed by atoms with Crippen molar-refractivity contribution < 1.29 is 9.59 Å². The lowest BCUT2D eigenvalue weighted by Crippen LogP contribution is -2.43. The van der Waals surface area contributed by atoms with Crippen LogP contribution in [0.4, 0.5) is 17.2 Å². The predicted molar refractivity (Wildman–Crippen MR) is 132 cm³/mol. The summed E-state index contributed by atoms with van der Waals surface area (Å²) in [5.41, 5.74) is 6.05. The third-order valence-corrected chi connectivity index (χ3v) is 5.44. The number of carbonyl (C=O) groups is 2. The maximum atomic E-state index is 12.7. The predicted octanol–water partition coefficient (Wildman–Crippen LogP) is 1.35. The Balaban J connectivity index is 1.71. The molecule has 0 aliphatic rings. The van der Waals surface area contributed by atoms with Crippen molar-refractivity contribution in [3.05, 3.63) is 86.0 Å². The highest BCUT2D eigenvalue weighted by Crippen LogP contribution is 2.20. The normalized spacial score (nSPS) is 10.6. The number of para-hydroxylation sites is 1. The molecule has 1 heterocycles. The van der Waals surface area contributed by atoms with Crippen LogP contribution in [0.5, 0.6) is 0 Å². The van der Waals surface area contributed by atoms with Gasteiger partial charge in [-0.1, -0.05) is 54.1 Å². The van der Waals surface area contributed by atoms with Gasteiger partial charge >= 0.3 is 5.69 Å². The van der Waals surface area contributed by atoms with Crippen LogP contribution in [-0.4, -0.2) is 53.5 Å². The van der Waals surface area contributed by atoms with Crippen LogP contribution in [0.1, 0.15) is 5.56 Å². The molecule has 0 spiro atoms. The Bertz CT molecular complexity index is 1300. The molecule has 178 valence electrons. The Kier molecular flexibility index (Phi) is 7.75. The second-order valence-corrected chi connectivity index (χ2v) is 8.11. The zero-order valence-electron chi connectivity index (χ0n) is 18.7. The molecule has 2 amide bonds. The lowest BCUT2D eigenvalue weighted by atomic mass is 10.2. The third-order valence-electron chi connectivity index (χ3n) is 5.11. The number of halogens is 1. The molecule has 3 rings (SSSR count). The summed E-state index contributed by atoms with van der Waals surface area (Å²) in [5, 5.41) is 3.02. The van der Waals surface area contributed by atoms with Gasteiger partial charge in [0.15, 0.2) is 0 Å². The van der Waals surface area contributed by atoms with Gasteiger partial charge in [-0.2, -0.15) is 0 Å². The molecular formula is C23H25ClN6O4. The number of nitrogen functional groups attached to an aromatic ring is 1. The fourth-order valence-corrected chi connectivity index (χ4v) is 3.51. The van der Waals surface area contributed by atoms with E-state index in [0.29, 0.717) is 10.7 Å². The first-order valence-corrected chi connectivity index (χ1v) is 10.7. The van der Waals surface area contributed by atoms with Gasteiger partial charge in [0, 0.05) is 14.1 Å². The number of anilines is 3. The number of H-pyrrole nitrogens is 1. The molecule has 0 radical (unpaired) electrons. The number of amides is 2. The number of nitrogens with zero attached hydrogens (tertiary/aromatic N) is 3. The summed E-state index contributed by atoms with van der Waals surface area (Å²) in [7, 11) is 2.97. The van der Waals surface area contributed by atoms with Crippen LogP contribution < -0.4 is 27.2 Å². The second kappa shape index (κ2) is 10.7. The van der Waals surface area contributed by atoms with Crippen molar-refractivity contribution in [3.8, 4) is 0 Å². The minimum Gasteiger partial charge on any atom is -0.383 e. The highest BCUT2D eigenvalue weighted by atomic mass is 35.5. The van der Waals surface area contributed by atoms with Crippen molar-refractivity contribution in [2.24, 2.45) is 0 Å². The number of carbonyl (C=O) groups excluding carboxylic acids is 2. The highest BCUT2D eigenvalue weighted by molar-refractivity contribution is 6.33. The third kappa shape index (κ3) is 5.84. The number of rotatable bonds is 8. The van der Waals surface area contributed by atoms with Gasteiger partial charge in [-0.3, -0.25) is 23.9 Å². The first kappa shape index (κ1) is 24.6. The van der Waals surface area contributed by atoms with E-state index in [0.717, 1.165) is 5.56 Å². The van der Waals surface area contributed by atoms with Gasteiger partial charge in [0.1, 0.15) is 11.5 Å². The van der Waals surface area contributed by atoms with E-state index in [1.165, 1.54) is 28.5 Å². The lowest BCUT2D eigenvalue weighted by Gasteiger charge is -2.24. The van der Waals surface area contributed by atoms with Crippen molar-refractivity contribution in [1.82, 2.24) is 14.5 Å². The number of hydrogen-bond donors (Lipinski definition) is 3. The maximum Gasteiger partial charge on any atom is 0.330 e. The van der Waals surface area contributed by atoms with Crippen molar-refractivity contribution in [1.29, 1.82) is 0 Å². The number of nitrogens with one attached hydrogen (secondary N) is 2. The van der Waals surface area contributed by atoms with Crippen LogP contribution in [0.25, 0.3) is 0 Å². The molecule has 1 aromatic heterocycles. The lowest BCUT2D eigenvalue weighted by molar-refractivity contribution is -0.132. The average Bonchev–Trinajstić information content (AvgIpc) is 2.78. The fraction of sp³-hybridized carbons (Fsp3) is 0.217. The molecule has 2 aromatic carbocycles. The van der Waals surface area contributed by atoms with Crippen LogP contribution >= 0.6 is 11.6 Å². The summed E-state index contributed by atoms with van der Waals surface area (Å²) in [6.07, 6.45) is 0. The molecule has 0 unspecified atom stereocenters. The van der Waals surface area contributed by atoms with E-state index >= 15 is 0 Å². The minimum absolute atomic E-state index is 0.0159. The summed E-state index contributed by atoms with van der Waals surface area (Å²) < 4.78 is 1.23. The molecule has 34 heavy (non-hydrogen) atoms. The number of aromatic amines is 1. The quantitative estimate of drug-likeness (QED) is 0.442. The first-order valence-electron chi connectivity index (χ1n) is 10.3. The zero-order chi connectivity index (χ0) is 24.8. The molecule has 0 atom stereocenters. The van der Waals surface area contributed by atoms with Crippen LogP contribution in [0.2, 0.25) is 5.02 Å². The summed E-state index contributed by atoms with van der Waals surface area (Å²) in [4.78, 5) is 54.6. The molecule has 0 bridgehead atoms. The molecule has 0 aliphatic heterocycles. The maximum absolute atomic E-state index is 12.7. The molecule has 10 nitrogen and oxygen atoms in total. The van der Waals surface area contributed by atoms with Gasteiger partial charge in [-0.05, 0) is 17.7 Å². The van der Waals surface area contributed by atoms with Crippen LogP contribution in [0.15, 0.2) is 64.2 Å².